The van der Waals surface area contributed by atoms with Gasteiger partial charge in [-0.15, -0.1) is 0 Å². The van der Waals surface area contributed by atoms with Crippen molar-refractivity contribution in [3.05, 3.63) is 58.6 Å². The number of pyridine rings is 1. The van der Waals surface area contributed by atoms with Gasteiger partial charge in [-0.25, -0.2) is 4.52 Å². The molecule has 0 amide bonds. The van der Waals surface area contributed by atoms with Crippen LogP contribution in [0.4, 0.5) is 13.2 Å². The van der Waals surface area contributed by atoms with Gasteiger partial charge in [0, 0.05) is 30.9 Å². The molecule has 0 fully saturated rings. The molecular formula is C19H15F3N4O3. The number of nitrogens with zero attached hydrogens (tertiary/aromatic N) is 4. The molecule has 0 unspecified atom stereocenters. The number of hydrogen-bond acceptors (Lipinski definition) is 5. The second-order valence-electron chi connectivity index (χ2n) is 6.34. The Morgan fingerprint density at radius 1 is 1.17 bits per heavy atom. The van der Waals surface area contributed by atoms with Crippen LogP contribution in [0.15, 0.2) is 47.4 Å². The van der Waals surface area contributed by atoms with Crippen LogP contribution in [-0.4, -0.2) is 37.5 Å². The zero-order chi connectivity index (χ0) is 20.8. The number of fused-ring (bicyclic) bond motifs is 3. The van der Waals surface area contributed by atoms with Gasteiger partial charge in [0.05, 0.1) is 23.2 Å². The Balaban J connectivity index is 1.94. The summed E-state index contributed by atoms with van der Waals surface area (Å²) in [4.78, 5) is 16.0. The number of ether oxygens (including phenoxy) is 1. The van der Waals surface area contributed by atoms with Gasteiger partial charge >= 0.3 is 6.18 Å². The van der Waals surface area contributed by atoms with E-state index in [9.17, 15) is 18.0 Å². The van der Waals surface area contributed by atoms with E-state index in [2.05, 4.69) is 10.1 Å². The average molecular weight is 404 g/mol. The highest BCUT2D eigenvalue weighted by Gasteiger charge is 2.32. The van der Waals surface area contributed by atoms with Gasteiger partial charge in [-0.2, -0.15) is 18.3 Å². The van der Waals surface area contributed by atoms with E-state index in [0.717, 1.165) is 12.3 Å². The summed E-state index contributed by atoms with van der Waals surface area (Å²) >= 11 is 0. The Morgan fingerprint density at radius 3 is 2.69 bits per heavy atom. The summed E-state index contributed by atoms with van der Waals surface area (Å²) in [5.41, 5.74) is 0.0346. The molecule has 0 spiro atoms. The number of aliphatic hydroxyl groups is 1. The third-order valence-corrected chi connectivity index (χ3v) is 4.47. The van der Waals surface area contributed by atoms with E-state index >= 15 is 0 Å². The second-order valence-corrected chi connectivity index (χ2v) is 6.34. The molecule has 4 aromatic rings. The molecule has 3 aromatic heterocycles. The number of alkyl halides is 3. The zero-order valence-corrected chi connectivity index (χ0v) is 15.1. The van der Waals surface area contributed by atoms with Gasteiger partial charge in [-0.3, -0.25) is 14.3 Å². The SMILES string of the molecule is Cn1c(=O)c2ccc(OCCO)cc2n2nc(-c3ccnc(C(F)(F)F)c3)cc12. The summed E-state index contributed by atoms with van der Waals surface area (Å²) in [7, 11) is 1.56. The topological polar surface area (TPSA) is 81.7 Å². The minimum absolute atomic E-state index is 0.0844. The van der Waals surface area contributed by atoms with Crippen LogP contribution in [-0.2, 0) is 13.2 Å². The van der Waals surface area contributed by atoms with E-state index in [0.29, 0.717) is 22.3 Å². The van der Waals surface area contributed by atoms with Crippen molar-refractivity contribution in [2.24, 2.45) is 7.05 Å². The van der Waals surface area contributed by atoms with Crippen molar-refractivity contribution < 1.29 is 23.0 Å². The van der Waals surface area contributed by atoms with E-state index in [-0.39, 0.29) is 30.0 Å². The quantitative estimate of drug-likeness (QED) is 0.566. The van der Waals surface area contributed by atoms with Crippen LogP contribution in [0, 0.1) is 0 Å². The monoisotopic (exact) mass is 404 g/mol. The molecule has 0 radical (unpaired) electrons. The summed E-state index contributed by atoms with van der Waals surface area (Å²) in [6, 6.07) is 8.67. The Bertz CT molecular complexity index is 1280. The smallest absolute Gasteiger partial charge is 0.433 e. The number of hydrogen-bond donors (Lipinski definition) is 1. The van der Waals surface area contributed by atoms with Crippen LogP contribution >= 0.6 is 0 Å². The average Bonchev–Trinajstić information content (AvgIpc) is 3.16. The molecule has 0 aliphatic carbocycles. The maximum atomic E-state index is 13.0. The standard InChI is InChI=1S/C19H15F3N4O3/c1-25-17-10-14(11-4-5-23-16(8-11)19(20,21)22)24-26(17)15-9-12(29-7-6-27)2-3-13(15)18(25)28/h2-5,8-10,27H,6-7H2,1H3. The fourth-order valence-electron chi connectivity index (χ4n) is 3.08. The van der Waals surface area contributed by atoms with Crippen LogP contribution in [0.1, 0.15) is 5.69 Å². The van der Waals surface area contributed by atoms with Crippen molar-refractivity contribution in [2.45, 2.75) is 6.18 Å². The van der Waals surface area contributed by atoms with Crippen LogP contribution in [0.3, 0.4) is 0 Å². The summed E-state index contributed by atoms with van der Waals surface area (Å²) in [6.45, 7) is -0.0828. The van der Waals surface area contributed by atoms with Crippen molar-refractivity contribution >= 4 is 16.6 Å². The molecule has 0 atom stereocenters. The summed E-state index contributed by atoms with van der Waals surface area (Å²) in [5, 5.41) is 13.7. The number of aryl methyl sites for hydroxylation is 1. The van der Waals surface area contributed by atoms with Gasteiger partial charge in [0.15, 0.2) is 0 Å². The Labute approximate surface area is 161 Å². The fourth-order valence-corrected chi connectivity index (χ4v) is 3.08. The highest BCUT2D eigenvalue weighted by atomic mass is 19.4. The predicted octanol–water partition coefficient (Wildman–Crippen LogP) is 2.64. The van der Waals surface area contributed by atoms with Crippen molar-refractivity contribution in [3.63, 3.8) is 0 Å². The van der Waals surface area contributed by atoms with Gasteiger partial charge in [0.2, 0.25) is 0 Å². The Hall–Kier alpha value is -3.40. The lowest BCUT2D eigenvalue weighted by Crippen LogP contribution is -2.19. The van der Waals surface area contributed by atoms with Crippen molar-refractivity contribution in [1.29, 1.82) is 0 Å². The van der Waals surface area contributed by atoms with E-state index in [1.165, 1.54) is 21.2 Å². The normalized spacial score (nSPS) is 12.0. The molecule has 4 rings (SSSR count). The van der Waals surface area contributed by atoms with Gasteiger partial charge in [0.1, 0.15) is 23.7 Å². The lowest BCUT2D eigenvalue weighted by Gasteiger charge is -2.09. The summed E-state index contributed by atoms with van der Waals surface area (Å²) < 4.78 is 47.2. The van der Waals surface area contributed by atoms with Crippen molar-refractivity contribution in [1.82, 2.24) is 19.2 Å². The number of halogens is 3. The number of aromatic nitrogens is 4. The lowest BCUT2D eigenvalue weighted by atomic mass is 10.1. The molecule has 0 bridgehead atoms. The minimum Gasteiger partial charge on any atom is -0.491 e. The first-order valence-electron chi connectivity index (χ1n) is 8.59. The first-order valence-corrected chi connectivity index (χ1v) is 8.59. The van der Waals surface area contributed by atoms with Crippen LogP contribution < -0.4 is 10.3 Å². The highest BCUT2D eigenvalue weighted by molar-refractivity contribution is 5.83. The van der Waals surface area contributed by atoms with Gasteiger partial charge in [0.25, 0.3) is 5.56 Å². The molecule has 1 aromatic carbocycles. The van der Waals surface area contributed by atoms with E-state index in [1.807, 2.05) is 0 Å². The number of benzene rings is 1. The largest absolute Gasteiger partial charge is 0.491 e. The van der Waals surface area contributed by atoms with Crippen LogP contribution in [0.5, 0.6) is 5.75 Å². The van der Waals surface area contributed by atoms with Gasteiger partial charge in [-0.1, -0.05) is 0 Å². The van der Waals surface area contributed by atoms with Gasteiger partial charge in [-0.05, 0) is 24.3 Å². The molecule has 0 aliphatic heterocycles. The number of aliphatic hydroxyl groups excluding tert-OH is 1. The molecule has 1 N–H and O–H groups in total. The third kappa shape index (κ3) is 3.31. The van der Waals surface area contributed by atoms with Crippen molar-refractivity contribution in [3.8, 4) is 17.0 Å². The summed E-state index contributed by atoms with van der Waals surface area (Å²) in [6.07, 6.45) is -3.51. The van der Waals surface area contributed by atoms with Crippen molar-refractivity contribution in [2.75, 3.05) is 13.2 Å². The molecule has 0 aliphatic rings. The highest BCUT2D eigenvalue weighted by Crippen LogP contribution is 2.31. The Kier molecular flexibility index (Phi) is 4.50. The fraction of sp³-hybridized carbons (Fsp3) is 0.211. The lowest BCUT2D eigenvalue weighted by molar-refractivity contribution is -0.141. The first-order chi connectivity index (χ1) is 13.8. The van der Waals surface area contributed by atoms with E-state index < -0.39 is 11.9 Å². The van der Waals surface area contributed by atoms with Crippen LogP contribution in [0.2, 0.25) is 0 Å². The maximum absolute atomic E-state index is 13.0. The number of rotatable bonds is 4. The van der Waals surface area contributed by atoms with Gasteiger partial charge < -0.3 is 9.84 Å². The minimum atomic E-state index is -4.58. The molecule has 10 heteroatoms. The second kappa shape index (κ2) is 6.89. The maximum Gasteiger partial charge on any atom is 0.433 e. The van der Waals surface area contributed by atoms with E-state index in [4.69, 9.17) is 9.84 Å². The molecule has 7 nitrogen and oxygen atoms in total. The first kappa shape index (κ1) is 18.9. The zero-order valence-electron chi connectivity index (χ0n) is 15.1. The molecule has 0 saturated heterocycles. The van der Waals surface area contributed by atoms with E-state index in [1.54, 1.807) is 25.2 Å². The molecule has 3 heterocycles. The molecule has 150 valence electrons. The Morgan fingerprint density at radius 2 is 1.97 bits per heavy atom. The molecular weight excluding hydrogens is 389 g/mol. The molecule has 29 heavy (non-hydrogen) atoms. The third-order valence-electron chi connectivity index (χ3n) is 4.47. The summed E-state index contributed by atoms with van der Waals surface area (Å²) in [5.74, 6) is 0.432. The molecule has 0 saturated carbocycles. The predicted molar refractivity (Wildman–Crippen MR) is 98.8 cm³/mol. The van der Waals surface area contributed by atoms with Crippen LogP contribution in [0.25, 0.3) is 27.8 Å².